The van der Waals surface area contributed by atoms with Crippen LogP contribution in [-0.2, 0) is 23.3 Å². The minimum absolute atomic E-state index is 0. The molecule has 2 fully saturated rings. The summed E-state index contributed by atoms with van der Waals surface area (Å²) in [6, 6.07) is 13.7. The van der Waals surface area contributed by atoms with E-state index in [0.717, 1.165) is 0 Å². The van der Waals surface area contributed by atoms with Crippen LogP contribution in [0, 0.1) is 41.5 Å². The Balaban J connectivity index is 0.000000235. The molecule has 252 valence electrons. The van der Waals surface area contributed by atoms with Crippen LogP contribution in [0.2, 0.25) is 11.1 Å². The third-order valence-electron chi connectivity index (χ3n) is 11.0. The first-order valence-electron chi connectivity index (χ1n) is 17.8. The fraction of sp³-hybridized carbons (Fsp3) is 0.571. The van der Waals surface area contributed by atoms with Gasteiger partial charge in [0.1, 0.15) is 0 Å². The summed E-state index contributed by atoms with van der Waals surface area (Å²) in [5.74, 6) is 1.21. The Morgan fingerprint density at radius 2 is 0.891 bits per heavy atom. The van der Waals surface area contributed by atoms with Crippen LogP contribution >= 0.6 is 0 Å². The van der Waals surface area contributed by atoms with Crippen LogP contribution in [0.15, 0.2) is 36.4 Å². The first-order chi connectivity index (χ1) is 20.9. The van der Waals surface area contributed by atoms with Crippen molar-refractivity contribution in [3.8, 4) is 0 Å². The van der Waals surface area contributed by atoms with Crippen molar-refractivity contribution in [1.29, 1.82) is 0 Å². The van der Waals surface area contributed by atoms with Crippen molar-refractivity contribution in [3.63, 3.8) is 0 Å². The molecule has 0 nitrogen and oxygen atoms in total. The molecule has 0 saturated heterocycles. The van der Waals surface area contributed by atoms with E-state index in [-0.39, 0.29) is 30.2 Å². The van der Waals surface area contributed by atoms with E-state index in [1.54, 1.807) is 51.4 Å². The van der Waals surface area contributed by atoms with Crippen molar-refractivity contribution in [1.82, 2.24) is 0 Å². The van der Waals surface area contributed by atoms with Gasteiger partial charge in [-0.05, 0) is 11.8 Å². The predicted octanol–water partition coefficient (Wildman–Crippen LogP) is 7.42. The molecule has 0 aromatic heterocycles. The first-order valence-corrected chi connectivity index (χ1v) is 23.2. The number of benzene rings is 2. The molecule has 0 radical (unpaired) electrons. The van der Waals surface area contributed by atoms with Gasteiger partial charge in [0.15, 0.2) is 0 Å². The average molecular weight is 755 g/mol. The Morgan fingerprint density at radius 3 is 1.20 bits per heavy atom. The molecule has 0 heterocycles. The SMILES string of the molecule is Cc1[cH-]c2c(C)ccc(C(C)C)c2c1C.Cc1[cH-]c2c(C)ccc(C(C)C)c2c1C.[Cl-].[Cl-].[Zr+2]=[Si](C1CCCCC1)C1CCCCC1. The van der Waals surface area contributed by atoms with Gasteiger partial charge in [-0.25, -0.2) is 0 Å². The van der Waals surface area contributed by atoms with E-state index in [4.69, 9.17) is 0 Å². The zero-order valence-electron chi connectivity index (χ0n) is 30.6. The van der Waals surface area contributed by atoms with Crippen molar-refractivity contribution in [2.24, 2.45) is 0 Å². The molecule has 0 bridgehead atoms. The summed E-state index contributed by atoms with van der Waals surface area (Å²) in [6.07, 6.45) is 15.7. The fourth-order valence-electron chi connectivity index (χ4n) is 7.86. The van der Waals surface area contributed by atoms with Gasteiger partial charge in [-0.1, -0.05) is 92.5 Å². The molecule has 0 N–H and O–H groups in total. The molecular formula is C42H60Cl2SiZr-2. The summed E-state index contributed by atoms with van der Waals surface area (Å²) in [6.45, 7) is 22.4. The Kier molecular flexibility index (Phi) is 17.1. The fourth-order valence-corrected chi connectivity index (χ4v) is 14.8. The Bertz CT molecular complexity index is 1440. The van der Waals surface area contributed by atoms with E-state index >= 15 is 0 Å². The van der Waals surface area contributed by atoms with Crippen LogP contribution in [0.5, 0.6) is 0 Å². The average Bonchev–Trinajstić information content (AvgIpc) is 3.49. The molecule has 2 saturated carbocycles. The number of hydrogen-bond donors (Lipinski definition) is 0. The zero-order chi connectivity index (χ0) is 32.1. The number of hydrogen-bond acceptors (Lipinski definition) is 0. The topological polar surface area (TPSA) is 0 Å². The van der Waals surface area contributed by atoms with E-state index in [1.807, 2.05) is 23.3 Å². The van der Waals surface area contributed by atoms with E-state index in [2.05, 4.69) is 106 Å². The van der Waals surface area contributed by atoms with Gasteiger partial charge in [0, 0.05) is 0 Å². The van der Waals surface area contributed by atoms with Crippen LogP contribution in [-0.4, -0.2) is 5.43 Å². The normalized spacial score (nSPS) is 15.6. The Labute approximate surface area is 310 Å². The quantitative estimate of drug-likeness (QED) is 0.151. The molecule has 0 spiro atoms. The van der Waals surface area contributed by atoms with Crippen molar-refractivity contribution >= 4 is 27.0 Å². The van der Waals surface area contributed by atoms with E-state index in [0.29, 0.717) is 11.8 Å². The second-order valence-corrected chi connectivity index (χ2v) is 21.7. The molecule has 4 aromatic carbocycles. The molecule has 0 aliphatic heterocycles. The number of rotatable bonds is 4. The van der Waals surface area contributed by atoms with Crippen molar-refractivity contribution < 1.29 is 48.1 Å². The number of fused-ring (bicyclic) bond motifs is 2. The second-order valence-electron chi connectivity index (χ2n) is 14.9. The van der Waals surface area contributed by atoms with Crippen molar-refractivity contribution in [2.45, 2.75) is 156 Å². The van der Waals surface area contributed by atoms with E-state index in [9.17, 15) is 0 Å². The summed E-state index contributed by atoms with van der Waals surface area (Å²) < 4.78 is 0. The summed E-state index contributed by atoms with van der Waals surface area (Å²) in [5.41, 5.74) is 14.1. The predicted molar refractivity (Wildman–Crippen MR) is 195 cm³/mol. The standard InChI is InChI=1S/2C15H19.C12H22Si.2ClH.Zr/c2*1-9(2)13-7-6-10(3)14-8-11(4)12(5)15(13)14;1-3-7-11(8-4-1)13-12-9-5-2-6-10-12;;;/h2*6-9H,1-5H3;11-12H,1-10H2;2*1H;/q2*-1;;;;+2/p-2. The third-order valence-corrected chi connectivity index (χ3v) is 19.9. The monoisotopic (exact) mass is 752 g/mol. The van der Waals surface area contributed by atoms with Gasteiger partial charge >= 0.3 is 104 Å². The van der Waals surface area contributed by atoms with Gasteiger partial charge in [0.2, 0.25) is 0 Å². The molecule has 4 heteroatoms. The van der Waals surface area contributed by atoms with Gasteiger partial charge in [0.05, 0.1) is 0 Å². The second kappa shape index (κ2) is 18.9. The first kappa shape index (κ1) is 41.5. The molecule has 6 rings (SSSR count). The van der Waals surface area contributed by atoms with Gasteiger partial charge in [-0.2, -0.15) is 11.1 Å². The van der Waals surface area contributed by atoms with Gasteiger partial charge in [-0.15, -0.1) is 68.1 Å². The van der Waals surface area contributed by atoms with E-state index in [1.165, 1.54) is 90.0 Å². The number of halogens is 2. The molecule has 4 aromatic rings. The van der Waals surface area contributed by atoms with Crippen LogP contribution in [0.4, 0.5) is 0 Å². The molecule has 46 heavy (non-hydrogen) atoms. The molecule has 2 aliphatic rings. The maximum atomic E-state index is 2.33. The van der Waals surface area contributed by atoms with E-state index < -0.39 is 0 Å². The van der Waals surface area contributed by atoms with Crippen molar-refractivity contribution in [3.05, 3.63) is 80.9 Å². The zero-order valence-corrected chi connectivity index (χ0v) is 35.6. The molecule has 0 unspecified atom stereocenters. The minimum atomic E-state index is 0. The van der Waals surface area contributed by atoms with Gasteiger partial charge in [-0.3, -0.25) is 0 Å². The van der Waals surface area contributed by atoms with Gasteiger partial charge in [0.25, 0.3) is 0 Å². The number of aryl methyl sites for hydroxylation is 6. The molecule has 2 aliphatic carbocycles. The van der Waals surface area contributed by atoms with Crippen LogP contribution < -0.4 is 24.8 Å². The third kappa shape index (κ3) is 9.73. The van der Waals surface area contributed by atoms with Crippen molar-refractivity contribution in [2.75, 3.05) is 0 Å². The van der Waals surface area contributed by atoms with Crippen LogP contribution in [0.25, 0.3) is 21.5 Å². The summed E-state index contributed by atoms with van der Waals surface area (Å²) in [7, 11) is 0. The van der Waals surface area contributed by atoms with Crippen LogP contribution in [0.1, 0.15) is 148 Å². The summed E-state index contributed by atoms with van der Waals surface area (Å²) in [4.78, 5) is 0. The molecule has 0 amide bonds. The van der Waals surface area contributed by atoms with Crippen LogP contribution in [0.3, 0.4) is 0 Å². The maximum absolute atomic E-state index is 2.33. The summed E-state index contributed by atoms with van der Waals surface area (Å²) >= 11 is 1.95. The van der Waals surface area contributed by atoms with Gasteiger partial charge < -0.3 is 24.8 Å². The Hall–Kier alpha value is -0.660. The molecule has 0 atom stereocenters. The summed E-state index contributed by atoms with van der Waals surface area (Å²) in [5, 5.41) is 5.86. The molecular weight excluding hydrogens is 695 g/mol. The Morgan fingerprint density at radius 1 is 0.565 bits per heavy atom.